The average molecular weight is 249 g/mol. The fourth-order valence-corrected chi connectivity index (χ4v) is 1.72. The number of nitrogens with zero attached hydrogens (tertiary/aromatic N) is 1. The molecule has 0 aliphatic heterocycles. The van der Waals surface area contributed by atoms with Crippen molar-refractivity contribution in [1.29, 1.82) is 0 Å². The van der Waals surface area contributed by atoms with Crippen molar-refractivity contribution in [1.82, 2.24) is 9.97 Å². The van der Waals surface area contributed by atoms with Gasteiger partial charge in [0, 0.05) is 5.70 Å². The number of anilines is 1. The molecule has 0 unspecified atom stereocenters. The van der Waals surface area contributed by atoms with Crippen LogP contribution >= 0.6 is 12.6 Å². The molecule has 0 atom stereocenters. The van der Waals surface area contributed by atoms with Gasteiger partial charge in [-0.25, -0.2) is 9.37 Å². The Balaban J connectivity index is 2.38. The third-order valence-electron chi connectivity index (χ3n) is 2.31. The summed E-state index contributed by atoms with van der Waals surface area (Å²) in [6.07, 6.45) is 0. The summed E-state index contributed by atoms with van der Waals surface area (Å²) in [4.78, 5) is 7.10. The number of allylic oxidation sites excluding steroid dienone is 1. The van der Waals surface area contributed by atoms with E-state index >= 15 is 0 Å². The van der Waals surface area contributed by atoms with E-state index in [9.17, 15) is 4.39 Å². The largest absolute Gasteiger partial charge is 0.325 e. The average Bonchev–Trinajstić information content (AvgIpc) is 2.69. The van der Waals surface area contributed by atoms with Gasteiger partial charge < -0.3 is 10.3 Å². The van der Waals surface area contributed by atoms with Crippen molar-refractivity contribution in [3.05, 3.63) is 47.3 Å². The first kappa shape index (κ1) is 11.7. The molecule has 0 aliphatic carbocycles. The molecule has 2 rings (SSSR count). The van der Waals surface area contributed by atoms with Crippen molar-refractivity contribution in [3.63, 3.8) is 0 Å². The van der Waals surface area contributed by atoms with Crippen molar-refractivity contribution >= 4 is 29.6 Å². The van der Waals surface area contributed by atoms with E-state index in [1.54, 1.807) is 17.5 Å². The van der Waals surface area contributed by atoms with Crippen LogP contribution in [0.25, 0.3) is 11.0 Å². The lowest BCUT2D eigenvalue weighted by atomic mass is 10.3. The minimum absolute atomic E-state index is 0.315. The topological polar surface area (TPSA) is 40.7 Å². The quantitative estimate of drug-likeness (QED) is 0.576. The number of H-pyrrole nitrogens is 1. The van der Waals surface area contributed by atoms with E-state index in [1.165, 1.54) is 6.07 Å². The highest BCUT2D eigenvalue weighted by atomic mass is 32.1. The molecule has 0 aliphatic rings. The van der Waals surface area contributed by atoms with E-state index < -0.39 is 0 Å². The van der Waals surface area contributed by atoms with Crippen LogP contribution in [0, 0.1) is 5.82 Å². The van der Waals surface area contributed by atoms with Gasteiger partial charge in [-0.05, 0) is 30.0 Å². The molecule has 1 aromatic carbocycles. The summed E-state index contributed by atoms with van der Waals surface area (Å²) in [7, 11) is 0. The number of rotatable bonds is 3. The number of benzene rings is 1. The molecule has 88 valence electrons. The van der Waals surface area contributed by atoms with Crippen LogP contribution in [0.5, 0.6) is 0 Å². The number of hydrogen-bond acceptors (Lipinski definition) is 3. The Labute approximate surface area is 104 Å². The zero-order chi connectivity index (χ0) is 12.4. The molecule has 0 amide bonds. The van der Waals surface area contributed by atoms with E-state index in [-0.39, 0.29) is 5.82 Å². The molecule has 5 heteroatoms. The lowest BCUT2D eigenvalue weighted by Crippen LogP contribution is -2.00. The Bertz CT molecular complexity index is 601. The summed E-state index contributed by atoms with van der Waals surface area (Å²) >= 11 is 4.07. The highest BCUT2D eigenvalue weighted by Gasteiger charge is 2.07. The number of fused-ring (bicyclic) bond motifs is 1. The zero-order valence-electron chi connectivity index (χ0n) is 9.29. The molecule has 0 spiro atoms. The number of para-hydroxylation sites is 1. The summed E-state index contributed by atoms with van der Waals surface area (Å²) in [5, 5.41) is 4.59. The van der Waals surface area contributed by atoms with Crippen LogP contribution in [0.3, 0.4) is 0 Å². The summed E-state index contributed by atoms with van der Waals surface area (Å²) in [5.41, 5.74) is 2.51. The Hall–Kier alpha value is -1.75. The van der Waals surface area contributed by atoms with Gasteiger partial charge in [-0.2, -0.15) is 0 Å². The molecule has 0 radical (unpaired) electrons. The van der Waals surface area contributed by atoms with Gasteiger partial charge in [-0.1, -0.05) is 12.6 Å². The van der Waals surface area contributed by atoms with Gasteiger partial charge in [0.25, 0.3) is 0 Å². The van der Waals surface area contributed by atoms with Gasteiger partial charge >= 0.3 is 0 Å². The molecule has 2 N–H and O–H groups in total. The molecule has 17 heavy (non-hydrogen) atoms. The predicted octanol–water partition coefficient (Wildman–Crippen LogP) is 3.46. The molecule has 3 nitrogen and oxygen atoms in total. The number of aromatic amines is 1. The molecule has 0 fully saturated rings. The first-order chi connectivity index (χ1) is 8.11. The Morgan fingerprint density at radius 3 is 2.94 bits per heavy atom. The summed E-state index contributed by atoms with van der Waals surface area (Å²) < 4.78 is 13.4. The Kier molecular flexibility index (Phi) is 3.19. The van der Waals surface area contributed by atoms with Gasteiger partial charge in [-0.3, -0.25) is 0 Å². The summed E-state index contributed by atoms with van der Waals surface area (Å²) in [6, 6.07) is 4.77. The van der Waals surface area contributed by atoms with Crippen molar-refractivity contribution in [3.8, 4) is 0 Å². The highest BCUT2D eigenvalue weighted by molar-refractivity contribution is 7.83. The second-order valence-corrected chi connectivity index (χ2v) is 3.93. The molecule has 1 aromatic heterocycles. The van der Waals surface area contributed by atoms with Crippen LogP contribution in [0.2, 0.25) is 0 Å². The van der Waals surface area contributed by atoms with E-state index in [0.717, 1.165) is 11.3 Å². The summed E-state index contributed by atoms with van der Waals surface area (Å²) in [6.45, 7) is 5.64. The predicted molar refractivity (Wildman–Crippen MR) is 71.6 cm³/mol. The second kappa shape index (κ2) is 4.63. The maximum absolute atomic E-state index is 13.4. The monoisotopic (exact) mass is 249 g/mol. The fraction of sp³-hybridized carbons (Fsp3) is 0.0833. The normalized spacial score (nSPS) is 11.8. The van der Waals surface area contributed by atoms with E-state index in [1.807, 2.05) is 6.92 Å². The Morgan fingerprint density at radius 1 is 1.59 bits per heavy atom. The van der Waals surface area contributed by atoms with Crippen molar-refractivity contribution in [2.24, 2.45) is 0 Å². The minimum Gasteiger partial charge on any atom is -0.325 e. The van der Waals surface area contributed by atoms with E-state index in [4.69, 9.17) is 0 Å². The smallest absolute Gasteiger partial charge is 0.205 e. The SMILES string of the molecule is C=C(C)/C(=C\S)Nc1nc2c(F)cccc2[nH]1. The number of nitrogens with one attached hydrogen (secondary N) is 2. The van der Waals surface area contributed by atoms with Gasteiger partial charge in [0.05, 0.1) is 5.52 Å². The van der Waals surface area contributed by atoms with Gasteiger partial charge in [0.15, 0.2) is 5.82 Å². The van der Waals surface area contributed by atoms with Gasteiger partial charge in [-0.15, -0.1) is 12.6 Å². The van der Waals surface area contributed by atoms with Gasteiger partial charge in [0.2, 0.25) is 5.95 Å². The summed E-state index contributed by atoms with van der Waals surface area (Å²) in [5.74, 6) is 0.118. The molecule has 2 aromatic rings. The van der Waals surface area contributed by atoms with E-state index in [0.29, 0.717) is 17.0 Å². The lowest BCUT2D eigenvalue weighted by Gasteiger charge is -2.05. The third-order valence-corrected chi connectivity index (χ3v) is 2.56. The van der Waals surface area contributed by atoms with Crippen LogP contribution < -0.4 is 5.32 Å². The van der Waals surface area contributed by atoms with Crippen LogP contribution in [-0.2, 0) is 0 Å². The molecule has 0 saturated heterocycles. The maximum Gasteiger partial charge on any atom is 0.205 e. The zero-order valence-corrected chi connectivity index (χ0v) is 10.2. The molecule has 0 bridgehead atoms. The molecule has 1 heterocycles. The highest BCUT2D eigenvalue weighted by Crippen LogP contribution is 2.19. The molecular weight excluding hydrogens is 237 g/mol. The van der Waals surface area contributed by atoms with Crippen molar-refractivity contribution in [2.45, 2.75) is 6.92 Å². The number of aromatic nitrogens is 2. The van der Waals surface area contributed by atoms with Crippen LogP contribution in [0.15, 0.2) is 41.5 Å². The fourth-order valence-electron chi connectivity index (χ4n) is 1.43. The van der Waals surface area contributed by atoms with Crippen molar-refractivity contribution in [2.75, 3.05) is 5.32 Å². The first-order valence-corrected chi connectivity index (χ1v) is 5.55. The minimum atomic E-state index is -0.349. The maximum atomic E-state index is 13.4. The van der Waals surface area contributed by atoms with Gasteiger partial charge in [0.1, 0.15) is 5.52 Å². The van der Waals surface area contributed by atoms with Crippen LogP contribution in [-0.4, -0.2) is 9.97 Å². The standard InChI is InChI=1S/C12H12FN3S/c1-7(2)10(6-17)15-12-14-9-5-3-4-8(13)11(9)16-12/h3-6,17H,1H2,2H3,(H2,14,15,16)/b10-6+. The van der Waals surface area contributed by atoms with Crippen LogP contribution in [0.4, 0.5) is 10.3 Å². The molecule has 0 saturated carbocycles. The number of imidazole rings is 1. The number of hydrogen-bond donors (Lipinski definition) is 3. The van der Waals surface area contributed by atoms with Crippen molar-refractivity contribution < 1.29 is 4.39 Å². The number of thiol groups is 1. The van der Waals surface area contributed by atoms with Crippen LogP contribution in [0.1, 0.15) is 6.92 Å². The third kappa shape index (κ3) is 2.34. The number of halogens is 1. The lowest BCUT2D eigenvalue weighted by molar-refractivity contribution is 0.637. The molecular formula is C12H12FN3S. The van der Waals surface area contributed by atoms with E-state index in [2.05, 4.69) is 34.5 Å². The first-order valence-electron chi connectivity index (χ1n) is 5.03. The Morgan fingerprint density at radius 2 is 2.35 bits per heavy atom. The second-order valence-electron chi connectivity index (χ2n) is 3.67.